The summed E-state index contributed by atoms with van der Waals surface area (Å²) in [6, 6.07) is 2.94. The van der Waals surface area contributed by atoms with Crippen LogP contribution in [-0.4, -0.2) is 18.6 Å². The van der Waals surface area contributed by atoms with E-state index in [-0.39, 0.29) is 11.6 Å². The van der Waals surface area contributed by atoms with Gasteiger partial charge in [-0.1, -0.05) is 13.8 Å². The Bertz CT molecular complexity index is 463. The second-order valence-electron chi connectivity index (χ2n) is 4.91. The molecule has 5 nitrogen and oxygen atoms in total. The van der Waals surface area contributed by atoms with Crippen LogP contribution in [0.3, 0.4) is 0 Å². The lowest BCUT2D eigenvalue weighted by atomic mass is 10.1. The molecule has 0 fully saturated rings. The van der Waals surface area contributed by atoms with Crippen LogP contribution < -0.4 is 9.47 Å². The highest BCUT2D eigenvalue weighted by Crippen LogP contribution is 2.35. The zero-order valence-electron chi connectivity index (χ0n) is 12.0. The average Bonchev–Trinajstić information content (AvgIpc) is 2.42. The number of hydrogen-bond acceptors (Lipinski definition) is 4. The second-order valence-corrected chi connectivity index (χ2v) is 5.17. The van der Waals surface area contributed by atoms with Crippen molar-refractivity contribution in [1.29, 1.82) is 0 Å². The number of nitrogens with zero attached hydrogens (tertiary/aromatic N) is 1. The largest absolute Gasteiger partial charge is 0.493 e. The van der Waals surface area contributed by atoms with Gasteiger partial charge in [0.2, 0.25) is 0 Å². The van der Waals surface area contributed by atoms with E-state index < -0.39 is 4.92 Å². The SMILES string of the molecule is COc1cc(CCl)c([N+](=O)[O-])cc1OCCCC(C)C. The molecule has 1 aromatic rings. The Labute approximate surface area is 124 Å². The van der Waals surface area contributed by atoms with Crippen LogP contribution in [0.15, 0.2) is 12.1 Å². The Kier molecular flexibility index (Phi) is 6.58. The number of nitro benzene ring substituents is 1. The van der Waals surface area contributed by atoms with E-state index in [1.165, 1.54) is 13.2 Å². The molecule has 1 aromatic carbocycles. The van der Waals surface area contributed by atoms with Gasteiger partial charge in [-0.05, 0) is 24.8 Å². The van der Waals surface area contributed by atoms with Crippen molar-refractivity contribution in [3.05, 3.63) is 27.8 Å². The Hall–Kier alpha value is -1.49. The highest BCUT2D eigenvalue weighted by atomic mass is 35.5. The van der Waals surface area contributed by atoms with Gasteiger partial charge in [0.05, 0.1) is 30.6 Å². The number of benzene rings is 1. The zero-order valence-corrected chi connectivity index (χ0v) is 12.8. The fraction of sp³-hybridized carbons (Fsp3) is 0.571. The topological polar surface area (TPSA) is 61.6 Å². The highest BCUT2D eigenvalue weighted by Gasteiger charge is 2.19. The summed E-state index contributed by atoms with van der Waals surface area (Å²) in [5.74, 6) is 1.52. The molecule has 0 aliphatic rings. The Balaban J connectivity index is 2.88. The van der Waals surface area contributed by atoms with Crippen LogP contribution in [0.1, 0.15) is 32.3 Å². The first kappa shape index (κ1) is 16.6. The molecule has 0 aliphatic heterocycles. The second kappa shape index (κ2) is 7.94. The maximum Gasteiger partial charge on any atom is 0.277 e. The first-order valence-corrected chi connectivity index (χ1v) is 7.07. The lowest BCUT2D eigenvalue weighted by molar-refractivity contribution is -0.385. The monoisotopic (exact) mass is 301 g/mol. The predicted molar refractivity (Wildman–Crippen MR) is 78.8 cm³/mol. The van der Waals surface area contributed by atoms with Crippen molar-refractivity contribution < 1.29 is 14.4 Å². The number of rotatable bonds is 8. The number of alkyl halides is 1. The van der Waals surface area contributed by atoms with E-state index in [1.807, 2.05) is 0 Å². The molecule has 0 saturated heterocycles. The van der Waals surface area contributed by atoms with Gasteiger partial charge in [0.25, 0.3) is 5.69 Å². The minimum Gasteiger partial charge on any atom is -0.493 e. The minimum atomic E-state index is -0.460. The van der Waals surface area contributed by atoms with Gasteiger partial charge in [-0.3, -0.25) is 10.1 Å². The van der Waals surface area contributed by atoms with Crippen LogP contribution in [0.4, 0.5) is 5.69 Å². The molecule has 0 bridgehead atoms. The molecule has 0 atom stereocenters. The minimum absolute atomic E-state index is 0.0420. The lowest BCUT2D eigenvalue weighted by Crippen LogP contribution is -2.03. The molecule has 0 unspecified atom stereocenters. The molecule has 6 heteroatoms. The van der Waals surface area contributed by atoms with Crippen molar-refractivity contribution in [2.24, 2.45) is 5.92 Å². The van der Waals surface area contributed by atoms with Gasteiger partial charge < -0.3 is 9.47 Å². The van der Waals surface area contributed by atoms with Crippen molar-refractivity contribution in [3.8, 4) is 11.5 Å². The molecule has 0 radical (unpaired) electrons. The third-order valence-electron chi connectivity index (χ3n) is 2.89. The maximum atomic E-state index is 11.0. The molecule has 0 aliphatic carbocycles. The van der Waals surface area contributed by atoms with Crippen LogP contribution in [0.25, 0.3) is 0 Å². The van der Waals surface area contributed by atoms with Crippen LogP contribution in [0.2, 0.25) is 0 Å². The van der Waals surface area contributed by atoms with Crippen molar-refractivity contribution in [3.63, 3.8) is 0 Å². The third kappa shape index (κ3) is 4.56. The summed E-state index contributed by atoms with van der Waals surface area (Å²) in [4.78, 5) is 10.5. The third-order valence-corrected chi connectivity index (χ3v) is 3.18. The van der Waals surface area contributed by atoms with Crippen LogP contribution in [0.5, 0.6) is 11.5 Å². The summed E-state index contributed by atoms with van der Waals surface area (Å²) in [6.07, 6.45) is 1.94. The van der Waals surface area contributed by atoms with E-state index in [9.17, 15) is 10.1 Å². The first-order chi connectivity index (χ1) is 9.49. The average molecular weight is 302 g/mol. The molecule has 0 heterocycles. The van der Waals surface area contributed by atoms with Crippen molar-refractivity contribution in [2.45, 2.75) is 32.6 Å². The van der Waals surface area contributed by atoms with Crippen molar-refractivity contribution in [1.82, 2.24) is 0 Å². The van der Waals surface area contributed by atoms with Gasteiger partial charge in [-0.25, -0.2) is 0 Å². The highest BCUT2D eigenvalue weighted by molar-refractivity contribution is 6.17. The summed E-state index contributed by atoms with van der Waals surface area (Å²) in [6.45, 7) is 4.79. The summed E-state index contributed by atoms with van der Waals surface area (Å²) in [5, 5.41) is 11.0. The smallest absolute Gasteiger partial charge is 0.277 e. The summed E-state index contributed by atoms with van der Waals surface area (Å²) in [7, 11) is 1.50. The van der Waals surface area contributed by atoms with E-state index >= 15 is 0 Å². The standard InChI is InChI=1S/C14H20ClNO4/c1-10(2)5-4-6-20-14-8-12(16(17)18)11(9-15)7-13(14)19-3/h7-8,10H,4-6,9H2,1-3H3. The molecule has 0 spiro atoms. The summed E-state index contributed by atoms with van der Waals surface area (Å²) in [5.41, 5.74) is 0.378. The molecule has 0 N–H and O–H groups in total. The summed E-state index contributed by atoms with van der Waals surface area (Å²) >= 11 is 5.72. The van der Waals surface area contributed by atoms with Gasteiger partial charge in [0.15, 0.2) is 11.5 Å². The fourth-order valence-corrected chi connectivity index (χ4v) is 2.03. The predicted octanol–water partition coefficient (Wildman–Crippen LogP) is 4.16. The van der Waals surface area contributed by atoms with Gasteiger partial charge in [0, 0.05) is 5.56 Å². The number of nitro groups is 1. The Morgan fingerprint density at radius 2 is 2.05 bits per heavy atom. The molecule has 20 heavy (non-hydrogen) atoms. The van der Waals surface area contributed by atoms with Crippen molar-refractivity contribution >= 4 is 17.3 Å². The summed E-state index contributed by atoms with van der Waals surface area (Å²) < 4.78 is 10.8. The van der Waals surface area contributed by atoms with E-state index in [0.29, 0.717) is 29.6 Å². The fourth-order valence-electron chi connectivity index (χ4n) is 1.81. The number of hydrogen-bond donors (Lipinski definition) is 0. The molecular formula is C14H20ClNO4. The number of ether oxygens (including phenoxy) is 2. The molecule has 0 saturated carbocycles. The maximum absolute atomic E-state index is 11.0. The Morgan fingerprint density at radius 1 is 1.35 bits per heavy atom. The molecule has 1 rings (SSSR count). The lowest BCUT2D eigenvalue weighted by Gasteiger charge is -2.12. The van der Waals surface area contributed by atoms with Crippen LogP contribution in [-0.2, 0) is 5.88 Å². The van der Waals surface area contributed by atoms with Gasteiger partial charge >= 0.3 is 0 Å². The number of methoxy groups -OCH3 is 1. The number of halogens is 1. The van der Waals surface area contributed by atoms with Gasteiger partial charge in [0.1, 0.15) is 0 Å². The van der Waals surface area contributed by atoms with Gasteiger partial charge in [-0.15, -0.1) is 11.6 Å². The van der Waals surface area contributed by atoms with Crippen LogP contribution in [0, 0.1) is 16.0 Å². The zero-order chi connectivity index (χ0) is 15.1. The van der Waals surface area contributed by atoms with Crippen LogP contribution >= 0.6 is 11.6 Å². The Morgan fingerprint density at radius 3 is 2.55 bits per heavy atom. The van der Waals surface area contributed by atoms with E-state index in [2.05, 4.69) is 13.8 Å². The van der Waals surface area contributed by atoms with E-state index in [0.717, 1.165) is 12.8 Å². The quantitative estimate of drug-likeness (QED) is 0.313. The van der Waals surface area contributed by atoms with E-state index in [4.69, 9.17) is 21.1 Å². The molecule has 112 valence electrons. The van der Waals surface area contributed by atoms with E-state index in [1.54, 1.807) is 6.07 Å². The first-order valence-electron chi connectivity index (χ1n) is 6.53. The molecule has 0 aromatic heterocycles. The molecular weight excluding hydrogens is 282 g/mol. The van der Waals surface area contributed by atoms with Gasteiger partial charge in [-0.2, -0.15) is 0 Å². The normalized spacial score (nSPS) is 10.7. The van der Waals surface area contributed by atoms with Crippen molar-refractivity contribution in [2.75, 3.05) is 13.7 Å². The molecule has 0 amide bonds.